The number of aryl methyl sites for hydroxylation is 1. The molecule has 3 aromatic rings. The molecule has 1 saturated heterocycles. The molecule has 0 amide bonds. The third kappa shape index (κ3) is 3.82. The van der Waals surface area contributed by atoms with Crippen molar-refractivity contribution in [3.05, 3.63) is 59.8 Å². The van der Waals surface area contributed by atoms with E-state index in [-0.39, 0.29) is 6.61 Å². The van der Waals surface area contributed by atoms with Crippen LogP contribution in [0.15, 0.2) is 42.7 Å². The molecule has 0 unspecified atom stereocenters. The highest BCUT2D eigenvalue weighted by Crippen LogP contribution is 2.29. The lowest BCUT2D eigenvalue weighted by molar-refractivity contribution is 0.198. The first-order valence-electron chi connectivity index (χ1n) is 9.69. The van der Waals surface area contributed by atoms with Gasteiger partial charge < -0.3 is 9.67 Å². The molecule has 2 aromatic heterocycles. The van der Waals surface area contributed by atoms with Crippen molar-refractivity contribution >= 4 is 0 Å². The number of aliphatic hydroxyl groups excluding tert-OH is 1. The van der Waals surface area contributed by atoms with Gasteiger partial charge in [-0.05, 0) is 38.4 Å². The molecular weight excluding hydrogens is 338 g/mol. The highest BCUT2D eigenvalue weighted by Gasteiger charge is 2.25. The van der Waals surface area contributed by atoms with Gasteiger partial charge in [0.15, 0.2) is 0 Å². The number of hydrogen-bond donors (Lipinski definition) is 2. The van der Waals surface area contributed by atoms with Crippen LogP contribution in [0.4, 0.5) is 0 Å². The molecule has 0 bridgehead atoms. The van der Waals surface area contributed by atoms with Gasteiger partial charge in [0.1, 0.15) is 5.82 Å². The van der Waals surface area contributed by atoms with Gasteiger partial charge in [-0.2, -0.15) is 5.10 Å². The summed E-state index contributed by atoms with van der Waals surface area (Å²) in [7, 11) is 0. The molecule has 0 atom stereocenters. The predicted octanol–water partition coefficient (Wildman–Crippen LogP) is 2.95. The maximum atomic E-state index is 9.33. The summed E-state index contributed by atoms with van der Waals surface area (Å²) in [6, 6.07) is 10.4. The van der Waals surface area contributed by atoms with Crippen molar-refractivity contribution in [2.45, 2.75) is 38.8 Å². The summed E-state index contributed by atoms with van der Waals surface area (Å²) in [4.78, 5) is 7.13. The highest BCUT2D eigenvalue weighted by molar-refractivity contribution is 5.62. The fraction of sp³-hybridized carbons (Fsp3) is 0.429. The fourth-order valence-electron chi connectivity index (χ4n) is 4.07. The predicted molar refractivity (Wildman–Crippen MR) is 105 cm³/mol. The van der Waals surface area contributed by atoms with E-state index < -0.39 is 0 Å². The number of imidazole rings is 1. The number of hydrogen-bond acceptors (Lipinski definition) is 4. The molecule has 27 heavy (non-hydrogen) atoms. The topological polar surface area (TPSA) is 70.0 Å². The first kappa shape index (κ1) is 17.9. The quantitative estimate of drug-likeness (QED) is 0.705. The van der Waals surface area contributed by atoms with Gasteiger partial charge in [-0.3, -0.25) is 10.00 Å². The normalized spacial score (nSPS) is 16.1. The molecule has 3 heterocycles. The monoisotopic (exact) mass is 365 g/mol. The van der Waals surface area contributed by atoms with Gasteiger partial charge in [0.05, 0.1) is 18.5 Å². The lowest BCUT2D eigenvalue weighted by Crippen LogP contribution is -2.33. The van der Waals surface area contributed by atoms with Crippen molar-refractivity contribution in [3.8, 4) is 11.3 Å². The van der Waals surface area contributed by atoms with E-state index in [0.29, 0.717) is 12.5 Å². The first-order valence-corrected chi connectivity index (χ1v) is 9.69. The average molecular weight is 365 g/mol. The Bertz CT molecular complexity index is 862. The van der Waals surface area contributed by atoms with Crippen molar-refractivity contribution in [1.82, 2.24) is 24.6 Å². The molecule has 6 heteroatoms. The summed E-state index contributed by atoms with van der Waals surface area (Å²) in [5, 5.41) is 16.8. The van der Waals surface area contributed by atoms with Crippen LogP contribution in [0.1, 0.15) is 35.8 Å². The first-order chi connectivity index (χ1) is 13.3. The van der Waals surface area contributed by atoms with E-state index in [9.17, 15) is 5.11 Å². The van der Waals surface area contributed by atoms with Gasteiger partial charge >= 0.3 is 0 Å². The standard InChI is InChI=1S/C21H27N5O/c1-16-13-22-21(26(16)11-12-27)18-7-9-25(10-8-18)15-19-14-23-24-20(19)17-5-3-2-4-6-17/h2-6,13-14,18,27H,7-12,15H2,1H3,(H,23,24). The second kappa shape index (κ2) is 8.06. The van der Waals surface area contributed by atoms with E-state index in [1.165, 1.54) is 11.1 Å². The minimum absolute atomic E-state index is 0.159. The number of rotatable bonds is 6. The van der Waals surface area contributed by atoms with Crippen LogP contribution in [-0.2, 0) is 13.1 Å². The van der Waals surface area contributed by atoms with Crippen LogP contribution < -0.4 is 0 Å². The summed E-state index contributed by atoms with van der Waals surface area (Å²) in [6.45, 7) is 5.87. The zero-order chi connectivity index (χ0) is 18.6. The van der Waals surface area contributed by atoms with Gasteiger partial charge in [0, 0.05) is 36.5 Å². The summed E-state index contributed by atoms with van der Waals surface area (Å²) in [5.41, 5.74) is 4.68. The van der Waals surface area contributed by atoms with Crippen LogP contribution in [0.25, 0.3) is 11.3 Å². The third-order valence-corrected chi connectivity index (χ3v) is 5.54. The van der Waals surface area contributed by atoms with Crippen molar-refractivity contribution in [1.29, 1.82) is 0 Å². The van der Waals surface area contributed by atoms with Gasteiger partial charge in [-0.15, -0.1) is 0 Å². The van der Waals surface area contributed by atoms with Crippen LogP contribution >= 0.6 is 0 Å². The number of aromatic nitrogens is 4. The smallest absolute Gasteiger partial charge is 0.112 e. The summed E-state index contributed by atoms with van der Waals surface area (Å²) < 4.78 is 2.17. The Balaban J connectivity index is 1.41. The zero-order valence-corrected chi connectivity index (χ0v) is 15.8. The Labute approximate surface area is 159 Å². The maximum Gasteiger partial charge on any atom is 0.112 e. The van der Waals surface area contributed by atoms with E-state index in [1.54, 1.807) is 0 Å². The van der Waals surface area contributed by atoms with E-state index >= 15 is 0 Å². The van der Waals surface area contributed by atoms with Crippen LogP contribution in [0.5, 0.6) is 0 Å². The SMILES string of the molecule is Cc1cnc(C2CCN(Cc3cn[nH]c3-c3ccccc3)CC2)n1CCO. The van der Waals surface area contributed by atoms with E-state index in [0.717, 1.165) is 49.7 Å². The molecule has 0 radical (unpaired) electrons. The molecule has 4 rings (SSSR count). The molecule has 0 saturated carbocycles. The molecule has 1 aromatic carbocycles. The number of piperidine rings is 1. The Morgan fingerprint density at radius 1 is 1.15 bits per heavy atom. The molecule has 1 aliphatic rings. The number of benzene rings is 1. The number of aromatic amines is 1. The van der Waals surface area contributed by atoms with Crippen LogP contribution in [0.3, 0.4) is 0 Å². The third-order valence-electron chi connectivity index (χ3n) is 5.54. The Morgan fingerprint density at radius 3 is 2.67 bits per heavy atom. The highest BCUT2D eigenvalue weighted by atomic mass is 16.3. The van der Waals surface area contributed by atoms with Crippen molar-refractivity contribution in [2.24, 2.45) is 0 Å². The summed E-state index contributed by atoms with van der Waals surface area (Å²) in [5.74, 6) is 1.61. The Hall–Kier alpha value is -2.44. The molecular formula is C21H27N5O. The summed E-state index contributed by atoms with van der Waals surface area (Å²) >= 11 is 0. The van der Waals surface area contributed by atoms with E-state index in [2.05, 4.69) is 55.8 Å². The van der Waals surface area contributed by atoms with Gasteiger partial charge in [-0.1, -0.05) is 30.3 Å². The maximum absolute atomic E-state index is 9.33. The van der Waals surface area contributed by atoms with Gasteiger partial charge in [0.2, 0.25) is 0 Å². The number of H-pyrrole nitrogens is 1. The number of aliphatic hydroxyl groups is 1. The number of nitrogens with zero attached hydrogens (tertiary/aromatic N) is 4. The lowest BCUT2D eigenvalue weighted by Gasteiger charge is -2.32. The molecule has 1 aliphatic heterocycles. The van der Waals surface area contributed by atoms with E-state index in [4.69, 9.17) is 0 Å². The second-order valence-electron chi connectivity index (χ2n) is 7.32. The van der Waals surface area contributed by atoms with E-state index in [1.807, 2.05) is 18.5 Å². The average Bonchev–Trinajstić information content (AvgIpc) is 3.31. The Kier molecular flexibility index (Phi) is 5.36. The Morgan fingerprint density at radius 2 is 1.93 bits per heavy atom. The minimum atomic E-state index is 0.159. The number of likely N-dealkylation sites (tertiary alicyclic amines) is 1. The minimum Gasteiger partial charge on any atom is -0.395 e. The van der Waals surface area contributed by atoms with Crippen LogP contribution in [0, 0.1) is 6.92 Å². The molecule has 0 spiro atoms. The van der Waals surface area contributed by atoms with Crippen LogP contribution in [-0.4, -0.2) is 49.5 Å². The van der Waals surface area contributed by atoms with Crippen LogP contribution in [0.2, 0.25) is 0 Å². The van der Waals surface area contributed by atoms with Gasteiger partial charge in [-0.25, -0.2) is 4.98 Å². The molecule has 0 aliphatic carbocycles. The lowest BCUT2D eigenvalue weighted by atomic mass is 9.95. The van der Waals surface area contributed by atoms with Gasteiger partial charge in [0.25, 0.3) is 0 Å². The van der Waals surface area contributed by atoms with Crippen molar-refractivity contribution in [2.75, 3.05) is 19.7 Å². The zero-order valence-electron chi connectivity index (χ0n) is 15.8. The molecule has 1 fully saturated rings. The largest absolute Gasteiger partial charge is 0.395 e. The molecule has 6 nitrogen and oxygen atoms in total. The fourth-order valence-corrected chi connectivity index (χ4v) is 4.07. The summed E-state index contributed by atoms with van der Waals surface area (Å²) in [6.07, 6.45) is 6.07. The van der Waals surface area contributed by atoms with Crippen molar-refractivity contribution in [3.63, 3.8) is 0 Å². The second-order valence-corrected chi connectivity index (χ2v) is 7.32. The molecule has 142 valence electrons. The molecule has 2 N–H and O–H groups in total. The number of nitrogens with one attached hydrogen (secondary N) is 1. The van der Waals surface area contributed by atoms with Crippen molar-refractivity contribution < 1.29 is 5.11 Å².